The fraction of sp³-hybridized carbons (Fsp3) is 0.0870. The topological polar surface area (TPSA) is 101 Å². The van der Waals surface area contributed by atoms with Gasteiger partial charge in [-0.05, 0) is 65.1 Å². The van der Waals surface area contributed by atoms with Crippen molar-refractivity contribution in [3.05, 3.63) is 81.4 Å². The van der Waals surface area contributed by atoms with E-state index >= 15 is 0 Å². The van der Waals surface area contributed by atoms with Gasteiger partial charge in [0, 0.05) is 21.1 Å². The summed E-state index contributed by atoms with van der Waals surface area (Å²) in [5.74, 6) is -0.845. The van der Waals surface area contributed by atoms with Gasteiger partial charge in [0.15, 0.2) is 9.84 Å². The first-order valence-corrected chi connectivity index (χ1v) is 13.1. The number of aromatic nitrogens is 2. The van der Waals surface area contributed by atoms with Crippen LogP contribution >= 0.6 is 34.2 Å². The molecule has 174 valence electrons. The van der Waals surface area contributed by atoms with Crippen molar-refractivity contribution in [2.24, 2.45) is 0 Å². The molecule has 4 rings (SSSR count). The average Bonchev–Trinajstić information content (AvgIpc) is 2.82. The molecule has 0 aliphatic rings. The van der Waals surface area contributed by atoms with Gasteiger partial charge in [-0.1, -0.05) is 29.8 Å². The van der Waals surface area contributed by atoms with Crippen LogP contribution in [-0.4, -0.2) is 30.0 Å². The van der Waals surface area contributed by atoms with Crippen molar-refractivity contribution in [2.75, 3.05) is 16.4 Å². The number of benzene rings is 3. The van der Waals surface area contributed by atoms with Crippen molar-refractivity contribution in [1.82, 2.24) is 9.97 Å². The van der Waals surface area contributed by atoms with Gasteiger partial charge in [-0.25, -0.2) is 22.8 Å². The fourth-order valence-corrected chi connectivity index (χ4v) is 5.20. The Morgan fingerprint density at radius 1 is 1.06 bits per heavy atom. The van der Waals surface area contributed by atoms with E-state index in [1.54, 1.807) is 30.3 Å². The Labute approximate surface area is 213 Å². The van der Waals surface area contributed by atoms with Crippen LogP contribution in [-0.2, 0) is 14.6 Å². The number of halogens is 3. The molecule has 11 heteroatoms. The molecule has 1 heterocycles. The summed E-state index contributed by atoms with van der Waals surface area (Å²) in [4.78, 5) is 21.2. The lowest BCUT2D eigenvalue weighted by atomic mass is 10.2. The van der Waals surface area contributed by atoms with Gasteiger partial charge in [0.05, 0.1) is 26.9 Å². The number of rotatable bonds is 7. The lowest BCUT2D eigenvalue weighted by Crippen LogP contribution is -2.18. The molecular weight excluding hydrogens is 594 g/mol. The summed E-state index contributed by atoms with van der Waals surface area (Å²) in [7, 11) is -3.57. The Balaban J connectivity index is 1.54. The zero-order chi connectivity index (χ0) is 24.3. The second-order valence-electron chi connectivity index (χ2n) is 7.26. The number of nitrogens with one attached hydrogen (secondary N) is 2. The zero-order valence-electron chi connectivity index (χ0n) is 17.4. The highest BCUT2D eigenvalue weighted by molar-refractivity contribution is 14.1. The van der Waals surface area contributed by atoms with Crippen LogP contribution in [0.15, 0.2) is 71.9 Å². The van der Waals surface area contributed by atoms with Crippen LogP contribution in [0.4, 0.5) is 21.6 Å². The normalized spacial score (nSPS) is 11.4. The summed E-state index contributed by atoms with van der Waals surface area (Å²) in [6, 6.07) is 15.7. The van der Waals surface area contributed by atoms with Crippen molar-refractivity contribution in [1.29, 1.82) is 0 Å². The third-order valence-electron chi connectivity index (χ3n) is 4.88. The summed E-state index contributed by atoms with van der Waals surface area (Å²) in [5, 5.41) is 6.43. The minimum absolute atomic E-state index is 0.0312. The predicted molar refractivity (Wildman–Crippen MR) is 139 cm³/mol. The molecule has 0 atom stereocenters. The van der Waals surface area contributed by atoms with Crippen LogP contribution in [0.1, 0.15) is 6.42 Å². The van der Waals surface area contributed by atoms with Crippen LogP contribution in [0.25, 0.3) is 10.9 Å². The van der Waals surface area contributed by atoms with Crippen molar-refractivity contribution in [3.63, 3.8) is 0 Å². The van der Waals surface area contributed by atoms with Crippen molar-refractivity contribution in [3.8, 4) is 0 Å². The van der Waals surface area contributed by atoms with E-state index in [1.165, 1.54) is 36.7 Å². The van der Waals surface area contributed by atoms with E-state index in [4.69, 9.17) is 11.6 Å². The Morgan fingerprint density at radius 2 is 1.82 bits per heavy atom. The van der Waals surface area contributed by atoms with Crippen molar-refractivity contribution in [2.45, 2.75) is 11.3 Å². The van der Waals surface area contributed by atoms with Crippen LogP contribution in [0.5, 0.6) is 0 Å². The number of carbonyl (C=O) groups is 1. The number of carbonyl (C=O) groups excluding carboxylic acids is 1. The van der Waals surface area contributed by atoms with Crippen LogP contribution < -0.4 is 10.6 Å². The van der Waals surface area contributed by atoms with Gasteiger partial charge >= 0.3 is 0 Å². The molecule has 0 radical (unpaired) electrons. The molecule has 1 aromatic heterocycles. The number of nitrogens with zero attached hydrogens (tertiary/aromatic N) is 2. The molecule has 0 saturated heterocycles. The summed E-state index contributed by atoms with van der Waals surface area (Å²) >= 11 is 7.93. The largest absolute Gasteiger partial charge is 0.340 e. The number of sulfone groups is 1. The second kappa shape index (κ2) is 10.2. The Morgan fingerprint density at radius 3 is 2.56 bits per heavy atom. The van der Waals surface area contributed by atoms with Crippen molar-refractivity contribution < 1.29 is 17.6 Å². The highest BCUT2D eigenvalue weighted by Gasteiger charge is 2.17. The third kappa shape index (κ3) is 5.62. The number of hydrogen-bond donors (Lipinski definition) is 2. The molecule has 1 amide bonds. The van der Waals surface area contributed by atoms with Gasteiger partial charge in [-0.3, -0.25) is 4.79 Å². The van der Waals surface area contributed by atoms with Gasteiger partial charge in [-0.15, -0.1) is 0 Å². The molecule has 0 fully saturated rings. The number of anilines is 3. The lowest BCUT2D eigenvalue weighted by molar-refractivity contribution is -0.115. The maximum absolute atomic E-state index is 13.5. The first kappa shape index (κ1) is 24.3. The zero-order valence-corrected chi connectivity index (χ0v) is 21.2. The molecule has 7 nitrogen and oxygen atoms in total. The molecule has 0 saturated carbocycles. The SMILES string of the molecule is O=C(CCS(=O)(=O)c1ccccc1)Nc1cc2c(Nc3ccc(F)c(Cl)c3)ncnc2cc1I. The van der Waals surface area contributed by atoms with Gasteiger partial charge < -0.3 is 10.6 Å². The van der Waals surface area contributed by atoms with E-state index in [-0.39, 0.29) is 22.1 Å². The Kier molecular flexibility index (Phi) is 7.29. The summed E-state index contributed by atoms with van der Waals surface area (Å²) < 4.78 is 39.1. The average molecular weight is 611 g/mol. The quantitative estimate of drug-likeness (QED) is 0.265. The molecule has 34 heavy (non-hydrogen) atoms. The molecule has 0 aliphatic carbocycles. The summed E-state index contributed by atoms with van der Waals surface area (Å²) in [6.45, 7) is 0. The molecule has 0 spiro atoms. The van der Waals surface area contributed by atoms with E-state index in [0.29, 0.717) is 28.1 Å². The lowest BCUT2D eigenvalue weighted by Gasteiger charge is -2.12. The van der Waals surface area contributed by atoms with Crippen molar-refractivity contribution >= 4 is 78.0 Å². The van der Waals surface area contributed by atoms with Gasteiger partial charge in [0.1, 0.15) is 18.0 Å². The first-order chi connectivity index (χ1) is 16.2. The molecule has 0 unspecified atom stereocenters. The number of fused-ring (bicyclic) bond motifs is 1. The highest BCUT2D eigenvalue weighted by Crippen LogP contribution is 2.30. The smallest absolute Gasteiger partial charge is 0.225 e. The van der Waals surface area contributed by atoms with Gasteiger partial charge in [0.25, 0.3) is 0 Å². The molecule has 3 aromatic carbocycles. The fourth-order valence-electron chi connectivity index (χ4n) is 3.17. The van der Waals surface area contributed by atoms with Crippen LogP contribution in [0, 0.1) is 9.39 Å². The molecular formula is C23H17ClFIN4O3S. The molecule has 0 aliphatic heterocycles. The number of hydrogen-bond acceptors (Lipinski definition) is 6. The van der Waals surface area contributed by atoms with Gasteiger partial charge in [0.2, 0.25) is 5.91 Å². The minimum Gasteiger partial charge on any atom is -0.340 e. The number of amides is 1. The second-order valence-corrected chi connectivity index (χ2v) is 10.9. The maximum Gasteiger partial charge on any atom is 0.225 e. The minimum atomic E-state index is -3.57. The standard InChI is InChI=1S/C23H17ClFIN4O3S/c24-17-10-14(6-7-18(17)25)29-23-16-11-21(19(26)12-20(16)27-13-28-23)30-22(31)8-9-34(32,33)15-4-2-1-3-5-15/h1-7,10-13H,8-9H2,(H,30,31)(H,27,28,29). The molecule has 2 N–H and O–H groups in total. The maximum atomic E-state index is 13.5. The Bertz CT molecular complexity index is 1490. The monoisotopic (exact) mass is 610 g/mol. The highest BCUT2D eigenvalue weighted by atomic mass is 127. The Hall–Kier alpha value is -2.83. The molecule has 0 bridgehead atoms. The van der Waals surface area contributed by atoms with Crippen LogP contribution in [0.2, 0.25) is 5.02 Å². The summed E-state index contributed by atoms with van der Waals surface area (Å²) in [5.41, 5.74) is 1.65. The van der Waals surface area contributed by atoms with Gasteiger partial charge in [-0.2, -0.15) is 0 Å². The molecule has 4 aromatic rings. The van der Waals surface area contributed by atoms with E-state index < -0.39 is 21.6 Å². The van der Waals surface area contributed by atoms with Crippen LogP contribution in [0.3, 0.4) is 0 Å². The summed E-state index contributed by atoms with van der Waals surface area (Å²) in [6.07, 6.45) is 1.19. The predicted octanol–water partition coefficient (Wildman–Crippen LogP) is 5.57. The van der Waals surface area contributed by atoms with E-state index in [0.717, 1.165) is 3.57 Å². The third-order valence-corrected chi connectivity index (χ3v) is 7.79. The first-order valence-electron chi connectivity index (χ1n) is 9.97. The van der Waals surface area contributed by atoms with E-state index in [9.17, 15) is 17.6 Å². The van der Waals surface area contributed by atoms with E-state index in [1.807, 2.05) is 0 Å². The van der Waals surface area contributed by atoms with E-state index in [2.05, 4.69) is 43.2 Å².